The van der Waals surface area contributed by atoms with Gasteiger partial charge < -0.3 is 10.2 Å². The molecule has 1 aromatic carbocycles. The third-order valence-corrected chi connectivity index (χ3v) is 4.96. The summed E-state index contributed by atoms with van der Waals surface area (Å²) in [6.07, 6.45) is 2.44. The number of nitriles is 1. The van der Waals surface area contributed by atoms with Crippen LogP contribution < -0.4 is 5.32 Å². The van der Waals surface area contributed by atoms with E-state index in [2.05, 4.69) is 22.3 Å². The molecule has 0 aliphatic carbocycles. The van der Waals surface area contributed by atoms with Crippen LogP contribution in [-0.4, -0.2) is 53.5 Å². The molecule has 6 nitrogen and oxygen atoms in total. The molecule has 3 amide bonds. The summed E-state index contributed by atoms with van der Waals surface area (Å²) in [7, 11) is 0. The van der Waals surface area contributed by atoms with Crippen LogP contribution in [-0.2, 0) is 11.2 Å². The predicted molar refractivity (Wildman–Crippen MR) is 89.0 cm³/mol. The van der Waals surface area contributed by atoms with Gasteiger partial charge in [-0.05, 0) is 24.8 Å². The summed E-state index contributed by atoms with van der Waals surface area (Å²) < 4.78 is 0. The molecule has 0 saturated carbocycles. The predicted octanol–water partition coefficient (Wildman–Crippen LogP) is 1.53. The van der Waals surface area contributed by atoms with Gasteiger partial charge in [0.05, 0.1) is 12.5 Å². The molecule has 1 aromatic rings. The Labute approximate surface area is 142 Å². The number of hydrogen-bond acceptors (Lipinski definition) is 4. The summed E-state index contributed by atoms with van der Waals surface area (Å²) in [6.45, 7) is 2.73. The molecular weight excluding hydrogens is 304 g/mol. The van der Waals surface area contributed by atoms with E-state index in [1.54, 1.807) is 0 Å². The number of hydrogen-bond donors (Lipinski definition) is 1. The zero-order valence-electron chi connectivity index (χ0n) is 13.7. The maximum atomic E-state index is 12.6. The fraction of sp³-hybridized carbons (Fsp3) is 0.500. The molecule has 0 aromatic heterocycles. The maximum absolute atomic E-state index is 12.6. The molecule has 2 saturated heterocycles. The highest BCUT2D eigenvalue weighted by Gasteiger charge is 2.51. The normalized spacial score (nSPS) is 20.2. The van der Waals surface area contributed by atoms with Crippen molar-refractivity contribution in [2.45, 2.75) is 31.2 Å². The van der Waals surface area contributed by atoms with Gasteiger partial charge in [0, 0.05) is 26.2 Å². The van der Waals surface area contributed by atoms with Crippen molar-refractivity contribution in [2.24, 2.45) is 0 Å². The Morgan fingerprint density at radius 2 is 1.83 bits per heavy atom. The van der Waals surface area contributed by atoms with E-state index in [4.69, 9.17) is 5.26 Å². The van der Waals surface area contributed by atoms with Crippen molar-refractivity contribution in [3.8, 4) is 6.07 Å². The van der Waals surface area contributed by atoms with Gasteiger partial charge in [0.25, 0.3) is 5.91 Å². The molecule has 3 rings (SSSR count). The van der Waals surface area contributed by atoms with E-state index in [0.29, 0.717) is 12.8 Å². The van der Waals surface area contributed by atoms with Gasteiger partial charge in [-0.15, -0.1) is 0 Å². The Kier molecular flexibility index (Phi) is 4.81. The molecular formula is C18H22N4O2. The number of nitrogens with zero attached hydrogens (tertiary/aromatic N) is 3. The Morgan fingerprint density at radius 1 is 1.12 bits per heavy atom. The molecule has 0 bridgehead atoms. The highest BCUT2D eigenvalue weighted by molar-refractivity contribution is 6.07. The standard InChI is InChI=1S/C18H22N4O2/c19-10-4-11-22-16(23)18(20-17(22)24)8-13-21(14-9-18)12-7-15-5-2-1-3-6-15/h1-3,5-6H,4,7-9,11-14H2,(H,20,24). The van der Waals surface area contributed by atoms with Crippen molar-refractivity contribution < 1.29 is 9.59 Å². The van der Waals surface area contributed by atoms with Gasteiger partial charge in [-0.25, -0.2) is 4.79 Å². The van der Waals surface area contributed by atoms with Crippen LogP contribution in [0.15, 0.2) is 30.3 Å². The van der Waals surface area contributed by atoms with Crippen molar-refractivity contribution in [1.82, 2.24) is 15.1 Å². The van der Waals surface area contributed by atoms with Gasteiger partial charge in [0.2, 0.25) is 0 Å². The van der Waals surface area contributed by atoms with E-state index in [1.165, 1.54) is 10.5 Å². The molecule has 126 valence electrons. The minimum Gasteiger partial charge on any atom is -0.323 e. The van der Waals surface area contributed by atoms with Crippen molar-refractivity contribution >= 4 is 11.9 Å². The molecule has 1 spiro atoms. The van der Waals surface area contributed by atoms with Crippen LogP contribution in [0.1, 0.15) is 24.8 Å². The topological polar surface area (TPSA) is 76.4 Å². The molecule has 2 aliphatic heterocycles. The van der Waals surface area contributed by atoms with Crippen LogP contribution >= 0.6 is 0 Å². The average molecular weight is 326 g/mol. The first-order valence-electron chi connectivity index (χ1n) is 8.42. The van der Waals surface area contributed by atoms with E-state index < -0.39 is 5.54 Å². The quantitative estimate of drug-likeness (QED) is 0.833. The number of urea groups is 1. The molecule has 1 N–H and O–H groups in total. The zero-order valence-corrected chi connectivity index (χ0v) is 13.7. The molecule has 24 heavy (non-hydrogen) atoms. The molecule has 6 heteroatoms. The number of likely N-dealkylation sites (tertiary alicyclic amines) is 1. The largest absolute Gasteiger partial charge is 0.325 e. The highest BCUT2D eigenvalue weighted by Crippen LogP contribution is 2.29. The summed E-state index contributed by atoms with van der Waals surface area (Å²) >= 11 is 0. The summed E-state index contributed by atoms with van der Waals surface area (Å²) in [5.41, 5.74) is 0.557. The Morgan fingerprint density at radius 3 is 2.50 bits per heavy atom. The monoisotopic (exact) mass is 326 g/mol. The number of imide groups is 1. The van der Waals surface area contributed by atoms with Gasteiger partial charge in [-0.1, -0.05) is 30.3 Å². The second-order valence-electron chi connectivity index (χ2n) is 6.45. The van der Waals surface area contributed by atoms with Crippen LogP contribution in [0.4, 0.5) is 4.79 Å². The fourth-order valence-corrected chi connectivity index (χ4v) is 3.47. The van der Waals surface area contributed by atoms with Crippen molar-refractivity contribution in [3.63, 3.8) is 0 Å². The Balaban J connectivity index is 1.54. The van der Waals surface area contributed by atoms with Gasteiger partial charge in [-0.3, -0.25) is 9.69 Å². The van der Waals surface area contributed by atoms with E-state index in [9.17, 15) is 9.59 Å². The second-order valence-corrected chi connectivity index (χ2v) is 6.45. The van der Waals surface area contributed by atoms with Crippen LogP contribution in [0, 0.1) is 11.3 Å². The highest BCUT2D eigenvalue weighted by atomic mass is 16.2. The summed E-state index contributed by atoms with van der Waals surface area (Å²) in [5, 5.41) is 11.5. The molecule has 2 heterocycles. The summed E-state index contributed by atoms with van der Waals surface area (Å²) in [5.74, 6) is -0.162. The number of amides is 3. The minimum atomic E-state index is -0.754. The smallest absolute Gasteiger partial charge is 0.323 e. The molecule has 0 atom stereocenters. The lowest BCUT2D eigenvalue weighted by atomic mass is 9.87. The number of piperidine rings is 1. The Hall–Kier alpha value is -2.39. The van der Waals surface area contributed by atoms with E-state index >= 15 is 0 Å². The van der Waals surface area contributed by atoms with Crippen molar-refractivity contribution in [2.75, 3.05) is 26.2 Å². The van der Waals surface area contributed by atoms with Crippen LogP contribution in [0.5, 0.6) is 0 Å². The van der Waals surface area contributed by atoms with E-state index in [1.807, 2.05) is 24.3 Å². The number of nitrogens with one attached hydrogen (secondary N) is 1. The lowest BCUT2D eigenvalue weighted by Crippen LogP contribution is -2.55. The first-order valence-corrected chi connectivity index (χ1v) is 8.42. The SMILES string of the molecule is N#CCCN1C(=O)NC2(CCN(CCc3ccccc3)CC2)C1=O. The lowest BCUT2D eigenvalue weighted by molar-refractivity contribution is -0.132. The average Bonchev–Trinajstić information content (AvgIpc) is 2.84. The number of rotatable bonds is 5. The summed E-state index contributed by atoms with van der Waals surface area (Å²) in [4.78, 5) is 28.2. The lowest BCUT2D eigenvalue weighted by Gasteiger charge is -2.37. The number of benzene rings is 1. The Bertz CT molecular complexity index is 645. The first kappa shape index (κ1) is 16.5. The van der Waals surface area contributed by atoms with Crippen molar-refractivity contribution in [3.05, 3.63) is 35.9 Å². The van der Waals surface area contributed by atoms with E-state index in [-0.39, 0.29) is 24.9 Å². The molecule has 2 fully saturated rings. The molecule has 0 unspecified atom stereocenters. The van der Waals surface area contributed by atoms with Gasteiger partial charge in [0.1, 0.15) is 5.54 Å². The first-order chi connectivity index (χ1) is 11.6. The minimum absolute atomic E-state index is 0.162. The fourth-order valence-electron chi connectivity index (χ4n) is 3.47. The zero-order chi connectivity index (χ0) is 17.0. The van der Waals surface area contributed by atoms with Crippen molar-refractivity contribution in [1.29, 1.82) is 5.26 Å². The maximum Gasteiger partial charge on any atom is 0.325 e. The third-order valence-electron chi connectivity index (χ3n) is 4.96. The number of carbonyl (C=O) groups is 2. The second kappa shape index (κ2) is 7.02. The molecule has 2 aliphatic rings. The summed E-state index contributed by atoms with van der Waals surface area (Å²) in [6, 6.07) is 12.0. The van der Waals surface area contributed by atoms with Gasteiger partial charge in [-0.2, -0.15) is 5.26 Å². The number of carbonyl (C=O) groups excluding carboxylic acids is 2. The van der Waals surface area contributed by atoms with E-state index in [0.717, 1.165) is 26.1 Å². The van der Waals surface area contributed by atoms with Gasteiger partial charge in [0.15, 0.2) is 0 Å². The van der Waals surface area contributed by atoms with Crippen LogP contribution in [0.25, 0.3) is 0 Å². The third kappa shape index (κ3) is 3.26. The van der Waals surface area contributed by atoms with Gasteiger partial charge >= 0.3 is 6.03 Å². The van der Waals surface area contributed by atoms with Crippen LogP contribution in [0.2, 0.25) is 0 Å². The van der Waals surface area contributed by atoms with Crippen LogP contribution in [0.3, 0.4) is 0 Å². The molecule has 0 radical (unpaired) electrons.